The molecule has 3 unspecified atom stereocenters. The van der Waals surface area contributed by atoms with Crippen molar-refractivity contribution >= 4 is 0 Å². The van der Waals surface area contributed by atoms with E-state index in [1.165, 1.54) is 0 Å². The van der Waals surface area contributed by atoms with Gasteiger partial charge in [-0.05, 0) is 27.7 Å². The summed E-state index contributed by atoms with van der Waals surface area (Å²) in [7, 11) is 3.12. The summed E-state index contributed by atoms with van der Waals surface area (Å²) in [6.45, 7) is 7.50. The normalized spacial score (nSPS) is 29.5. The molecule has 3 atom stereocenters. The van der Waals surface area contributed by atoms with Crippen LogP contribution in [0.15, 0.2) is 0 Å². The molecule has 0 aromatic heterocycles. The van der Waals surface area contributed by atoms with Crippen LogP contribution in [-0.4, -0.2) is 56.0 Å². The predicted octanol–water partition coefficient (Wildman–Crippen LogP) is 1.26. The quantitative estimate of drug-likeness (QED) is 0.738. The van der Waals surface area contributed by atoms with Crippen molar-refractivity contribution in [3.63, 3.8) is 0 Å². The molecule has 0 aliphatic carbocycles. The number of ether oxygens (including phenoxy) is 5. The van der Waals surface area contributed by atoms with Gasteiger partial charge in [0.05, 0.1) is 12.7 Å². The minimum Gasteiger partial charge on any atom is -0.388 e. The largest absolute Gasteiger partial charge is 0.388 e. The zero-order chi connectivity index (χ0) is 14.7. The molecule has 0 aromatic carbocycles. The zero-order valence-electron chi connectivity index (χ0n) is 12.6. The van der Waals surface area contributed by atoms with Gasteiger partial charge in [0.25, 0.3) is 0 Å². The molecule has 6 nitrogen and oxygen atoms in total. The smallest absolute Gasteiger partial charge is 0.186 e. The van der Waals surface area contributed by atoms with Crippen LogP contribution in [0.1, 0.15) is 34.1 Å². The highest BCUT2D eigenvalue weighted by Gasteiger charge is 2.37. The van der Waals surface area contributed by atoms with E-state index in [1.54, 1.807) is 28.1 Å². The molecule has 1 saturated heterocycles. The third-order valence-corrected chi connectivity index (χ3v) is 3.10. The average molecular weight is 278 g/mol. The first kappa shape index (κ1) is 16.8. The summed E-state index contributed by atoms with van der Waals surface area (Å²) >= 11 is 0. The number of methoxy groups -OCH3 is 2. The topological polar surface area (TPSA) is 66.4 Å². The lowest BCUT2D eigenvalue weighted by atomic mass is 10.1. The first-order valence-corrected chi connectivity index (χ1v) is 6.45. The predicted molar refractivity (Wildman–Crippen MR) is 68.5 cm³/mol. The summed E-state index contributed by atoms with van der Waals surface area (Å²) in [6.07, 6.45) is -1.27. The molecule has 1 aliphatic rings. The number of hydrogen-bond acceptors (Lipinski definition) is 6. The monoisotopic (exact) mass is 278 g/mol. The van der Waals surface area contributed by atoms with E-state index in [4.69, 9.17) is 23.7 Å². The summed E-state index contributed by atoms with van der Waals surface area (Å²) in [4.78, 5) is 0. The third kappa shape index (κ3) is 5.33. The van der Waals surface area contributed by atoms with E-state index in [1.807, 2.05) is 13.8 Å². The minimum absolute atomic E-state index is 0.226. The Balaban J connectivity index is 2.48. The van der Waals surface area contributed by atoms with Crippen LogP contribution in [0.5, 0.6) is 0 Å². The number of aliphatic hydroxyl groups excluding tert-OH is 1. The van der Waals surface area contributed by atoms with E-state index in [-0.39, 0.29) is 6.10 Å². The van der Waals surface area contributed by atoms with Crippen LogP contribution in [0, 0.1) is 0 Å². The van der Waals surface area contributed by atoms with Gasteiger partial charge in [-0.3, -0.25) is 0 Å². The van der Waals surface area contributed by atoms with Crippen LogP contribution in [0.3, 0.4) is 0 Å². The Kier molecular flexibility index (Phi) is 5.73. The summed E-state index contributed by atoms with van der Waals surface area (Å²) < 4.78 is 27.1. The van der Waals surface area contributed by atoms with Crippen molar-refractivity contribution in [1.29, 1.82) is 0 Å². The van der Waals surface area contributed by atoms with Crippen LogP contribution < -0.4 is 0 Å². The van der Waals surface area contributed by atoms with E-state index in [0.717, 1.165) is 0 Å². The van der Waals surface area contributed by atoms with Gasteiger partial charge in [-0.1, -0.05) is 0 Å². The van der Waals surface area contributed by atoms with Crippen molar-refractivity contribution in [2.45, 2.75) is 64.2 Å². The van der Waals surface area contributed by atoms with Crippen LogP contribution in [0.25, 0.3) is 0 Å². The summed E-state index contributed by atoms with van der Waals surface area (Å²) in [5.41, 5.74) is 0. The fourth-order valence-electron chi connectivity index (χ4n) is 1.73. The Morgan fingerprint density at radius 3 is 2.00 bits per heavy atom. The first-order chi connectivity index (χ1) is 8.69. The molecule has 6 heteroatoms. The van der Waals surface area contributed by atoms with Gasteiger partial charge >= 0.3 is 0 Å². The van der Waals surface area contributed by atoms with Gasteiger partial charge in [0.15, 0.2) is 17.9 Å². The maximum atomic E-state index is 10.0. The third-order valence-electron chi connectivity index (χ3n) is 3.10. The highest BCUT2D eigenvalue weighted by Crippen LogP contribution is 2.25. The van der Waals surface area contributed by atoms with E-state index >= 15 is 0 Å². The molecule has 1 N–H and O–H groups in total. The number of rotatable bonds is 6. The summed E-state index contributed by atoms with van der Waals surface area (Å²) in [6, 6.07) is 0. The Bertz CT molecular complexity index is 278. The van der Waals surface area contributed by atoms with Gasteiger partial charge in [-0.25, -0.2) is 0 Å². The highest BCUT2D eigenvalue weighted by molar-refractivity contribution is 4.76. The van der Waals surface area contributed by atoms with Crippen molar-refractivity contribution in [3.05, 3.63) is 0 Å². The van der Waals surface area contributed by atoms with E-state index in [0.29, 0.717) is 13.0 Å². The molecule has 0 aromatic rings. The molecule has 0 bridgehead atoms. The standard InChI is InChI=1S/C13H26O6/c1-12(2,15-5)18-9-7-10(14)11(17-8-9)19-13(3,4)16-6/h9-11,14H,7-8H2,1-6H3. The maximum Gasteiger partial charge on any atom is 0.186 e. The van der Waals surface area contributed by atoms with Crippen molar-refractivity contribution in [3.8, 4) is 0 Å². The fraction of sp³-hybridized carbons (Fsp3) is 1.00. The lowest BCUT2D eigenvalue weighted by molar-refractivity contribution is -0.338. The molecule has 1 fully saturated rings. The molecule has 19 heavy (non-hydrogen) atoms. The van der Waals surface area contributed by atoms with Crippen LogP contribution >= 0.6 is 0 Å². The lowest BCUT2D eigenvalue weighted by Crippen LogP contribution is -2.49. The Morgan fingerprint density at radius 2 is 1.53 bits per heavy atom. The lowest BCUT2D eigenvalue weighted by Gasteiger charge is -2.39. The molecule has 114 valence electrons. The van der Waals surface area contributed by atoms with E-state index < -0.39 is 24.0 Å². The molecule has 0 saturated carbocycles. The van der Waals surface area contributed by atoms with Crippen LogP contribution in [-0.2, 0) is 23.7 Å². The second-order valence-electron chi connectivity index (χ2n) is 5.57. The molecular weight excluding hydrogens is 252 g/mol. The minimum atomic E-state index is -0.800. The number of hydrogen-bond donors (Lipinski definition) is 1. The van der Waals surface area contributed by atoms with Crippen molar-refractivity contribution < 1.29 is 28.8 Å². The molecule has 0 spiro atoms. The van der Waals surface area contributed by atoms with E-state index in [2.05, 4.69) is 0 Å². The SMILES string of the molecule is COC(C)(C)OC1COC(OC(C)(C)OC)C(O)C1. The molecule has 1 aliphatic heterocycles. The van der Waals surface area contributed by atoms with Crippen LogP contribution in [0.2, 0.25) is 0 Å². The maximum absolute atomic E-state index is 10.0. The Labute approximate surface area is 114 Å². The summed E-state index contributed by atoms with van der Waals surface area (Å²) in [5, 5.41) is 10.0. The fourth-order valence-corrected chi connectivity index (χ4v) is 1.73. The second kappa shape index (κ2) is 6.47. The highest BCUT2D eigenvalue weighted by atomic mass is 16.8. The molecule has 1 rings (SSSR count). The van der Waals surface area contributed by atoms with Gasteiger partial charge in [0.2, 0.25) is 0 Å². The Morgan fingerprint density at radius 1 is 1.00 bits per heavy atom. The summed E-state index contributed by atoms with van der Waals surface area (Å²) in [5.74, 6) is -1.50. The van der Waals surface area contributed by atoms with Gasteiger partial charge in [-0.2, -0.15) is 0 Å². The zero-order valence-corrected chi connectivity index (χ0v) is 12.6. The second-order valence-corrected chi connectivity index (χ2v) is 5.57. The van der Waals surface area contributed by atoms with E-state index in [9.17, 15) is 5.11 Å². The Hall–Kier alpha value is -0.240. The van der Waals surface area contributed by atoms with Gasteiger partial charge in [0, 0.05) is 20.6 Å². The van der Waals surface area contributed by atoms with Crippen molar-refractivity contribution in [1.82, 2.24) is 0 Å². The van der Waals surface area contributed by atoms with Gasteiger partial charge in [-0.15, -0.1) is 0 Å². The molecule has 1 heterocycles. The van der Waals surface area contributed by atoms with Crippen molar-refractivity contribution in [2.24, 2.45) is 0 Å². The first-order valence-electron chi connectivity index (χ1n) is 6.45. The molecule has 0 radical (unpaired) electrons. The number of aliphatic hydroxyl groups is 1. The van der Waals surface area contributed by atoms with Crippen molar-refractivity contribution in [2.75, 3.05) is 20.8 Å². The van der Waals surface area contributed by atoms with Gasteiger partial charge < -0.3 is 28.8 Å². The average Bonchev–Trinajstić information content (AvgIpc) is 2.32. The molecule has 0 amide bonds. The molecular formula is C13H26O6. The van der Waals surface area contributed by atoms with Crippen LogP contribution in [0.4, 0.5) is 0 Å². The van der Waals surface area contributed by atoms with Gasteiger partial charge in [0.1, 0.15) is 6.10 Å².